The average molecular weight is 268 g/mol. The van der Waals surface area contributed by atoms with E-state index in [1.54, 1.807) is 6.07 Å². The SMILES string of the molecule is N#N.O=[N+]([O-])c1ccc(CN2CCOCC2)cc1F. The highest BCUT2D eigenvalue weighted by Gasteiger charge is 2.16. The lowest BCUT2D eigenvalue weighted by atomic mass is 10.2. The largest absolute Gasteiger partial charge is 0.379 e. The van der Waals surface area contributed by atoms with Gasteiger partial charge in [-0.05, 0) is 11.6 Å². The smallest absolute Gasteiger partial charge is 0.304 e. The predicted molar refractivity (Wildman–Crippen MR) is 62.6 cm³/mol. The van der Waals surface area contributed by atoms with Gasteiger partial charge >= 0.3 is 5.69 Å². The highest BCUT2D eigenvalue weighted by Crippen LogP contribution is 2.19. The predicted octanol–water partition coefficient (Wildman–Crippen LogP) is 1.60. The normalized spacial score (nSPS) is 15.3. The molecular weight excluding hydrogens is 255 g/mol. The van der Waals surface area contributed by atoms with Crippen LogP contribution in [0.5, 0.6) is 0 Å². The molecule has 7 nitrogen and oxygen atoms in total. The number of nitro benzene ring substituents is 1. The van der Waals surface area contributed by atoms with Crippen LogP contribution in [0.1, 0.15) is 5.56 Å². The third kappa shape index (κ3) is 4.24. The molecule has 0 radical (unpaired) electrons. The Labute approximate surface area is 109 Å². The summed E-state index contributed by atoms with van der Waals surface area (Å²) in [6.07, 6.45) is 0. The first-order valence-electron chi connectivity index (χ1n) is 5.60. The van der Waals surface area contributed by atoms with E-state index in [2.05, 4.69) is 4.90 Å². The number of hydrogen-bond donors (Lipinski definition) is 0. The van der Waals surface area contributed by atoms with E-state index in [0.717, 1.165) is 18.7 Å². The van der Waals surface area contributed by atoms with Crippen LogP contribution < -0.4 is 0 Å². The number of morpholine rings is 1. The average Bonchev–Trinajstić information content (AvgIpc) is 2.42. The fourth-order valence-electron chi connectivity index (χ4n) is 1.81. The van der Waals surface area contributed by atoms with E-state index < -0.39 is 16.4 Å². The lowest BCUT2D eigenvalue weighted by Gasteiger charge is -2.26. The molecule has 1 aromatic rings. The molecule has 8 heteroatoms. The van der Waals surface area contributed by atoms with Gasteiger partial charge in [0.2, 0.25) is 5.82 Å². The van der Waals surface area contributed by atoms with Gasteiger partial charge in [0.05, 0.1) is 18.1 Å². The standard InChI is InChI=1S/C11H13FN2O3.N2/c12-10-7-9(1-2-11(10)14(15)16)8-13-3-5-17-6-4-13;1-2/h1-2,7H,3-6,8H2;. The fraction of sp³-hybridized carbons (Fsp3) is 0.455. The number of hydrogen-bond acceptors (Lipinski definition) is 6. The quantitative estimate of drug-likeness (QED) is 0.468. The van der Waals surface area contributed by atoms with Crippen molar-refractivity contribution in [3.63, 3.8) is 0 Å². The molecule has 1 fully saturated rings. The minimum Gasteiger partial charge on any atom is -0.379 e. The summed E-state index contributed by atoms with van der Waals surface area (Å²) in [4.78, 5) is 11.9. The minimum absolute atomic E-state index is 0.476. The summed E-state index contributed by atoms with van der Waals surface area (Å²) in [6.45, 7) is 3.56. The third-order valence-corrected chi connectivity index (χ3v) is 2.72. The molecule has 0 amide bonds. The summed E-state index contributed by atoms with van der Waals surface area (Å²) < 4.78 is 18.6. The van der Waals surface area contributed by atoms with Crippen LogP contribution in [-0.4, -0.2) is 36.1 Å². The van der Waals surface area contributed by atoms with Crippen molar-refractivity contribution >= 4 is 5.69 Å². The number of benzene rings is 1. The zero-order chi connectivity index (χ0) is 14.3. The van der Waals surface area contributed by atoms with Crippen molar-refractivity contribution < 1.29 is 14.1 Å². The van der Waals surface area contributed by atoms with Crippen LogP contribution in [-0.2, 0) is 11.3 Å². The van der Waals surface area contributed by atoms with Gasteiger partial charge in [-0.1, -0.05) is 6.07 Å². The Morgan fingerprint density at radius 2 is 2.00 bits per heavy atom. The molecule has 0 N–H and O–H groups in total. The van der Waals surface area contributed by atoms with Gasteiger partial charge in [-0.25, -0.2) is 0 Å². The van der Waals surface area contributed by atoms with Gasteiger partial charge in [0.1, 0.15) is 0 Å². The van der Waals surface area contributed by atoms with Gasteiger partial charge in [-0.3, -0.25) is 15.0 Å². The molecule has 0 spiro atoms. The molecule has 2 rings (SSSR count). The molecule has 1 aliphatic heterocycles. The Kier molecular flexibility index (Phi) is 5.78. The zero-order valence-electron chi connectivity index (χ0n) is 10.2. The number of nitro groups is 1. The molecule has 1 aromatic carbocycles. The first-order valence-corrected chi connectivity index (χ1v) is 5.60. The van der Waals surface area contributed by atoms with E-state index >= 15 is 0 Å². The van der Waals surface area contributed by atoms with Crippen LogP contribution in [0.25, 0.3) is 0 Å². The van der Waals surface area contributed by atoms with Crippen molar-refractivity contribution in [1.82, 2.24) is 4.90 Å². The molecule has 0 bridgehead atoms. The molecule has 1 aliphatic rings. The monoisotopic (exact) mass is 268 g/mol. The third-order valence-electron chi connectivity index (χ3n) is 2.72. The minimum atomic E-state index is -0.777. The number of rotatable bonds is 3. The highest BCUT2D eigenvalue weighted by atomic mass is 19.1. The summed E-state index contributed by atoms with van der Waals surface area (Å²) in [5.41, 5.74) is 0.269. The molecule has 19 heavy (non-hydrogen) atoms. The van der Waals surface area contributed by atoms with Gasteiger partial charge in [-0.2, -0.15) is 4.39 Å². The van der Waals surface area contributed by atoms with Gasteiger partial charge < -0.3 is 4.74 Å². The van der Waals surface area contributed by atoms with Crippen molar-refractivity contribution in [2.24, 2.45) is 0 Å². The molecule has 0 saturated carbocycles. The van der Waals surface area contributed by atoms with Crippen LogP contribution in [0.3, 0.4) is 0 Å². The maximum absolute atomic E-state index is 13.4. The van der Waals surface area contributed by atoms with E-state index in [1.165, 1.54) is 12.1 Å². The van der Waals surface area contributed by atoms with Crippen molar-refractivity contribution in [3.8, 4) is 0 Å². The van der Waals surface area contributed by atoms with Crippen molar-refractivity contribution in [3.05, 3.63) is 39.7 Å². The Hall–Kier alpha value is -2.11. The Bertz CT molecular complexity index is 460. The molecular formula is C11H13FN4O3. The van der Waals surface area contributed by atoms with E-state index in [9.17, 15) is 14.5 Å². The molecule has 102 valence electrons. The van der Waals surface area contributed by atoms with Gasteiger partial charge in [0.15, 0.2) is 0 Å². The molecule has 0 aromatic heterocycles. The van der Waals surface area contributed by atoms with Crippen molar-refractivity contribution in [1.29, 1.82) is 10.8 Å². The number of nitrogens with zero attached hydrogens (tertiary/aromatic N) is 4. The zero-order valence-corrected chi connectivity index (χ0v) is 10.2. The van der Waals surface area contributed by atoms with Crippen LogP contribution in [0.2, 0.25) is 0 Å². The number of halogens is 1. The van der Waals surface area contributed by atoms with Gasteiger partial charge in [0, 0.05) is 36.5 Å². The van der Waals surface area contributed by atoms with Crippen LogP contribution in [0, 0.1) is 26.7 Å². The summed E-state index contributed by atoms with van der Waals surface area (Å²) in [7, 11) is 0. The maximum atomic E-state index is 13.4. The van der Waals surface area contributed by atoms with Gasteiger partial charge in [-0.15, -0.1) is 0 Å². The lowest BCUT2D eigenvalue weighted by molar-refractivity contribution is -0.387. The van der Waals surface area contributed by atoms with Crippen LogP contribution in [0.15, 0.2) is 18.2 Å². The van der Waals surface area contributed by atoms with Crippen molar-refractivity contribution in [2.45, 2.75) is 6.54 Å². The molecule has 0 atom stereocenters. The Balaban J connectivity index is 0.000000861. The van der Waals surface area contributed by atoms with Gasteiger partial charge in [0.25, 0.3) is 0 Å². The highest BCUT2D eigenvalue weighted by molar-refractivity contribution is 5.34. The summed E-state index contributed by atoms with van der Waals surface area (Å²) in [5, 5.41) is 22.5. The molecule has 0 aliphatic carbocycles. The van der Waals surface area contributed by atoms with Crippen LogP contribution in [0.4, 0.5) is 10.1 Å². The Morgan fingerprint density at radius 1 is 1.37 bits per heavy atom. The second-order valence-electron chi connectivity index (χ2n) is 3.93. The molecule has 1 saturated heterocycles. The van der Waals surface area contributed by atoms with E-state index in [-0.39, 0.29) is 0 Å². The van der Waals surface area contributed by atoms with Crippen LogP contribution >= 0.6 is 0 Å². The summed E-state index contributed by atoms with van der Waals surface area (Å²) >= 11 is 0. The first kappa shape index (κ1) is 14.9. The van der Waals surface area contributed by atoms with E-state index in [1.807, 2.05) is 0 Å². The summed E-state index contributed by atoms with van der Waals surface area (Å²) in [6, 6.07) is 4.04. The van der Waals surface area contributed by atoms with Crippen molar-refractivity contribution in [2.75, 3.05) is 26.3 Å². The second-order valence-corrected chi connectivity index (χ2v) is 3.93. The van der Waals surface area contributed by atoms with E-state index in [4.69, 9.17) is 15.5 Å². The fourth-order valence-corrected chi connectivity index (χ4v) is 1.81. The molecule has 1 heterocycles. The maximum Gasteiger partial charge on any atom is 0.304 e. The second kappa shape index (κ2) is 7.35. The molecule has 0 unspecified atom stereocenters. The number of ether oxygens (including phenoxy) is 1. The Morgan fingerprint density at radius 3 is 2.53 bits per heavy atom. The topological polar surface area (TPSA) is 103 Å². The summed E-state index contributed by atoms with van der Waals surface area (Å²) in [5.74, 6) is -0.777. The van der Waals surface area contributed by atoms with E-state index in [0.29, 0.717) is 19.8 Å². The lowest BCUT2D eigenvalue weighted by Crippen LogP contribution is -2.35. The first-order chi connectivity index (χ1) is 9.16.